The molecule has 1 heteroatoms. The fourth-order valence-corrected chi connectivity index (χ4v) is 3.22. The Balaban J connectivity index is 2.12. The van der Waals surface area contributed by atoms with Gasteiger partial charge in [0.15, 0.2) is 0 Å². The molecule has 0 unspecified atom stereocenters. The highest BCUT2D eigenvalue weighted by Gasteiger charge is 2.18. The summed E-state index contributed by atoms with van der Waals surface area (Å²) in [6, 6.07) is 23.5. The van der Waals surface area contributed by atoms with E-state index in [1.807, 2.05) is 6.07 Å². The zero-order chi connectivity index (χ0) is 13.5. The standard InChI is InChI=1S/C19H13Cl/c20-15-10-9-14-11-13-5-1-2-6-16(13)17-7-3-4-8-18(17)19(14)12-15/h1-10,12H,11H2. The van der Waals surface area contributed by atoms with E-state index in [-0.39, 0.29) is 0 Å². The molecule has 0 aromatic heterocycles. The fraction of sp³-hybridized carbons (Fsp3) is 0.0526. The van der Waals surface area contributed by atoms with Crippen molar-refractivity contribution in [2.45, 2.75) is 6.42 Å². The van der Waals surface area contributed by atoms with Gasteiger partial charge in [0, 0.05) is 5.02 Å². The minimum atomic E-state index is 0.796. The Labute approximate surface area is 123 Å². The van der Waals surface area contributed by atoms with E-state index >= 15 is 0 Å². The topological polar surface area (TPSA) is 0 Å². The first-order valence-corrected chi connectivity index (χ1v) is 7.17. The van der Waals surface area contributed by atoms with Gasteiger partial charge in [0.05, 0.1) is 0 Å². The van der Waals surface area contributed by atoms with E-state index in [1.54, 1.807) is 0 Å². The van der Waals surface area contributed by atoms with Crippen LogP contribution in [0.25, 0.3) is 22.3 Å². The molecule has 1 aliphatic rings. The Kier molecular flexibility index (Phi) is 2.64. The largest absolute Gasteiger partial charge is 0.0843 e. The molecule has 3 aromatic carbocycles. The second-order valence-corrected chi connectivity index (χ2v) is 5.62. The van der Waals surface area contributed by atoms with Gasteiger partial charge in [-0.25, -0.2) is 0 Å². The van der Waals surface area contributed by atoms with Crippen LogP contribution in [0.4, 0.5) is 0 Å². The number of benzene rings is 3. The molecule has 0 heterocycles. The average molecular weight is 277 g/mol. The minimum absolute atomic E-state index is 0.796. The van der Waals surface area contributed by atoms with E-state index in [9.17, 15) is 0 Å². The third kappa shape index (κ3) is 1.76. The summed E-state index contributed by atoms with van der Waals surface area (Å²) in [5.41, 5.74) is 7.87. The second kappa shape index (κ2) is 4.50. The molecule has 0 radical (unpaired) electrons. The Hall–Kier alpha value is -2.05. The third-order valence-corrected chi connectivity index (χ3v) is 4.21. The molecule has 0 bridgehead atoms. The summed E-state index contributed by atoms with van der Waals surface area (Å²) in [6.45, 7) is 0. The minimum Gasteiger partial charge on any atom is -0.0843 e. The van der Waals surface area contributed by atoms with Gasteiger partial charge in [-0.3, -0.25) is 0 Å². The highest BCUT2D eigenvalue weighted by atomic mass is 35.5. The van der Waals surface area contributed by atoms with E-state index < -0.39 is 0 Å². The maximum absolute atomic E-state index is 6.21. The highest BCUT2D eigenvalue weighted by molar-refractivity contribution is 6.31. The van der Waals surface area contributed by atoms with Gasteiger partial charge >= 0.3 is 0 Å². The lowest BCUT2D eigenvalue weighted by Crippen LogP contribution is -1.89. The Morgan fingerprint density at radius 1 is 0.600 bits per heavy atom. The lowest BCUT2D eigenvalue weighted by Gasteiger charge is -2.10. The van der Waals surface area contributed by atoms with E-state index in [4.69, 9.17) is 11.6 Å². The van der Waals surface area contributed by atoms with Gasteiger partial charge in [-0.05, 0) is 51.9 Å². The van der Waals surface area contributed by atoms with Crippen LogP contribution in [0.2, 0.25) is 5.02 Å². The Morgan fingerprint density at radius 2 is 1.20 bits per heavy atom. The van der Waals surface area contributed by atoms with Gasteiger partial charge in [0.1, 0.15) is 0 Å². The predicted molar refractivity (Wildman–Crippen MR) is 85.1 cm³/mol. The van der Waals surface area contributed by atoms with E-state index in [2.05, 4.69) is 60.7 Å². The van der Waals surface area contributed by atoms with Crippen LogP contribution in [0.1, 0.15) is 11.1 Å². The maximum atomic E-state index is 6.21. The molecule has 3 aromatic rings. The molecular weight excluding hydrogens is 264 g/mol. The normalized spacial score (nSPS) is 12.1. The molecule has 0 nitrogen and oxygen atoms in total. The van der Waals surface area contributed by atoms with Crippen molar-refractivity contribution in [1.82, 2.24) is 0 Å². The summed E-state index contributed by atoms with van der Waals surface area (Å²) in [6.07, 6.45) is 0.956. The van der Waals surface area contributed by atoms with Gasteiger partial charge in [-0.15, -0.1) is 0 Å². The van der Waals surface area contributed by atoms with E-state index in [0.717, 1.165) is 11.4 Å². The average Bonchev–Trinajstić information content (AvgIpc) is 2.62. The van der Waals surface area contributed by atoms with Crippen LogP contribution >= 0.6 is 11.6 Å². The van der Waals surface area contributed by atoms with Crippen molar-refractivity contribution in [3.63, 3.8) is 0 Å². The Morgan fingerprint density at radius 3 is 2.00 bits per heavy atom. The number of rotatable bonds is 0. The molecule has 0 aliphatic heterocycles. The van der Waals surface area contributed by atoms with Crippen molar-refractivity contribution in [1.29, 1.82) is 0 Å². The first-order valence-electron chi connectivity index (χ1n) is 6.79. The zero-order valence-electron chi connectivity index (χ0n) is 10.9. The van der Waals surface area contributed by atoms with Crippen LogP contribution in [0.3, 0.4) is 0 Å². The lowest BCUT2D eigenvalue weighted by atomic mass is 9.95. The van der Waals surface area contributed by atoms with E-state index in [1.165, 1.54) is 33.4 Å². The monoisotopic (exact) mass is 276 g/mol. The van der Waals surface area contributed by atoms with Crippen LogP contribution in [-0.4, -0.2) is 0 Å². The van der Waals surface area contributed by atoms with Gasteiger partial charge in [-0.1, -0.05) is 66.2 Å². The van der Waals surface area contributed by atoms with Crippen molar-refractivity contribution in [2.75, 3.05) is 0 Å². The first-order chi connectivity index (χ1) is 9.83. The molecule has 0 atom stereocenters. The van der Waals surface area contributed by atoms with Crippen LogP contribution in [0.5, 0.6) is 0 Å². The maximum Gasteiger partial charge on any atom is 0.0412 e. The molecule has 0 amide bonds. The van der Waals surface area contributed by atoms with Crippen LogP contribution in [-0.2, 0) is 6.42 Å². The van der Waals surface area contributed by atoms with E-state index in [0.29, 0.717) is 0 Å². The molecule has 1 aliphatic carbocycles. The van der Waals surface area contributed by atoms with Gasteiger partial charge in [0.25, 0.3) is 0 Å². The molecule has 0 N–H and O–H groups in total. The van der Waals surface area contributed by atoms with Crippen LogP contribution in [0, 0.1) is 0 Å². The molecule has 0 fully saturated rings. The molecule has 0 saturated heterocycles. The molecule has 20 heavy (non-hydrogen) atoms. The van der Waals surface area contributed by atoms with Crippen LogP contribution in [0.15, 0.2) is 66.7 Å². The number of halogens is 1. The molecule has 4 rings (SSSR count). The van der Waals surface area contributed by atoms with Crippen molar-refractivity contribution in [2.24, 2.45) is 0 Å². The molecule has 96 valence electrons. The summed E-state index contributed by atoms with van der Waals surface area (Å²) in [5, 5.41) is 0.796. The lowest BCUT2D eigenvalue weighted by molar-refractivity contribution is 1.21. The number of hydrogen-bond acceptors (Lipinski definition) is 0. The summed E-state index contributed by atoms with van der Waals surface area (Å²) in [7, 11) is 0. The number of fused-ring (bicyclic) bond motifs is 5. The molecule has 0 spiro atoms. The quantitative estimate of drug-likeness (QED) is 0.393. The highest BCUT2D eigenvalue weighted by Crippen LogP contribution is 2.41. The van der Waals surface area contributed by atoms with Crippen molar-refractivity contribution in [3.8, 4) is 22.3 Å². The first kappa shape index (κ1) is 11.7. The smallest absolute Gasteiger partial charge is 0.0412 e. The van der Waals surface area contributed by atoms with Gasteiger partial charge < -0.3 is 0 Å². The summed E-state index contributed by atoms with van der Waals surface area (Å²) in [4.78, 5) is 0. The summed E-state index contributed by atoms with van der Waals surface area (Å²) in [5.74, 6) is 0. The van der Waals surface area contributed by atoms with Crippen molar-refractivity contribution < 1.29 is 0 Å². The second-order valence-electron chi connectivity index (χ2n) is 5.18. The van der Waals surface area contributed by atoms with Gasteiger partial charge in [0.2, 0.25) is 0 Å². The summed E-state index contributed by atoms with van der Waals surface area (Å²) >= 11 is 6.21. The van der Waals surface area contributed by atoms with Gasteiger partial charge in [-0.2, -0.15) is 0 Å². The third-order valence-electron chi connectivity index (χ3n) is 3.98. The molecular formula is C19H13Cl. The molecule has 0 saturated carbocycles. The van der Waals surface area contributed by atoms with Crippen LogP contribution < -0.4 is 0 Å². The SMILES string of the molecule is Clc1ccc2c(c1)-c1ccccc1-c1ccccc1C2. The number of hydrogen-bond donors (Lipinski definition) is 0. The summed E-state index contributed by atoms with van der Waals surface area (Å²) < 4.78 is 0. The fourth-order valence-electron chi connectivity index (χ4n) is 3.05. The van der Waals surface area contributed by atoms with Crippen molar-refractivity contribution >= 4 is 11.6 Å². The Bertz CT molecular complexity index is 802. The predicted octanol–water partition coefficient (Wildman–Crippen LogP) is 5.58. The zero-order valence-corrected chi connectivity index (χ0v) is 11.7. The van der Waals surface area contributed by atoms with Crippen molar-refractivity contribution in [3.05, 3.63) is 82.9 Å².